The van der Waals surface area contributed by atoms with E-state index in [4.69, 9.17) is 16.7 Å². The third-order valence-corrected chi connectivity index (χ3v) is 5.40. The highest BCUT2D eigenvalue weighted by molar-refractivity contribution is 7.89. The van der Waals surface area contributed by atoms with Gasteiger partial charge in [0.15, 0.2) is 0 Å². The van der Waals surface area contributed by atoms with E-state index >= 15 is 0 Å². The standard InChI is InChI=1S/C16H16ClFN2O2S/c17-14-6-5-11(7-16(14)23(19,21)22)8-20-9-12(10-20)13-3-1-2-4-15(13)18/h1-7,12H,8-10H2,(H2,19,21,22). The zero-order valence-electron chi connectivity index (χ0n) is 12.2. The van der Waals surface area contributed by atoms with E-state index in [1.54, 1.807) is 18.2 Å². The normalized spacial score (nSPS) is 16.3. The first-order valence-corrected chi connectivity index (χ1v) is 9.05. The first kappa shape index (κ1) is 16.4. The molecule has 23 heavy (non-hydrogen) atoms. The summed E-state index contributed by atoms with van der Waals surface area (Å²) >= 11 is 5.87. The van der Waals surface area contributed by atoms with E-state index in [0.29, 0.717) is 6.54 Å². The molecule has 2 aromatic rings. The highest BCUT2D eigenvalue weighted by atomic mass is 35.5. The molecule has 0 saturated carbocycles. The number of sulfonamides is 1. The van der Waals surface area contributed by atoms with Crippen LogP contribution in [0.2, 0.25) is 5.02 Å². The molecule has 1 aliphatic heterocycles. The summed E-state index contributed by atoms with van der Waals surface area (Å²) in [5.74, 6) is -0.0126. The number of likely N-dealkylation sites (tertiary alicyclic amines) is 1. The van der Waals surface area contributed by atoms with Crippen molar-refractivity contribution in [3.63, 3.8) is 0 Å². The molecule has 7 heteroatoms. The van der Waals surface area contributed by atoms with Gasteiger partial charge >= 0.3 is 0 Å². The second-order valence-corrected chi connectivity index (χ2v) is 7.66. The van der Waals surface area contributed by atoms with Crippen molar-refractivity contribution in [1.29, 1.82) is 0 Å². The van der Waals surface area contributed by atoms with Crippen LogP contribution in [-0.4, -0.2) is 26.4 Å². The van der Waals surface area contributed by atoms with Crippen LogP contribution in [0.25, 0.3) is 0 Å². The predicted octanol–water partition coefficient (Wildman–Crippen LogP) is 2.73. The molecule has 2 N–H and O–H groups in total. The summed E-state index contributed by atoms with van der Waals surface area (Å²) < 4.78 is 36.7. The van der Waals surface area contributed by atoms with Crippen LogP contribution in [0.3, 0.4) is 0 Å². The average molecular weight is 355 g/mol. The topological polar surface area (TPSA) is 63.4 Å². The second-order valence-electron chi connectivity index (χ2n) is 5.72. The molecule has 0 bridgehead atoms. The molecule has 1 saturated heterocycles. The lowest BCUT2D eigenvalue weighted by Gasteiger charge is -2.39. The van der Waals surface area contributed by atoms with Gasteiger partial charge in [-0.05, 0) is 29.3 Å². The van der Waals surface area contributed by atoms with Gasteiger partial charge in [-0.25, -0.2) is 17.9 Å². The van der Waals surface area contributed by atoms with Crippen LogP contribution in [0.1, 0.15) is 17.0 Å². The van der Waals surface area contributed by atoms with Gasteiger partial charge < -0.3 is 0 Å². The van der Waals surface area contributed by atoms with Crippen LogP contribution in [0.15, 0.2) is 47.4 Å². The van der Waals surface area contributed by atoms with Crippen LogP contribution >= 0.6 is 11.6 Å². The minimum absolute atomic E-state index is 0.0668. The minimum Gasteiger partial charge on any atom is -0.298 e. The molecule has 1 heterocycles. The molecule has 0 aromatic heterocycles. The van der Waals surface area contributed by atoms with Gasteiger partial charge in [0.1, 0.15) is 10.7 Å². The molecule has 1 fully saturated rings. The van der Waals surface area contributed by atoms with Gasteiger partial charge in [-0.15, -0.1) is 0 Å². The SMILES string of the molecule is NS(=O)(=O)c1cc(CN2CC(c3ccccc3F)C2)ccc1Cl. The highest BCUT2D eigenvalue weighted by Crippen LogP contribution is 2.30. The molecule has 122 valence electrons. The summed E-state index contributed by atoms with van der Waals surface area (Å²) in [5, 5.41) is 5.27. The summed E-state index contributed by atoms with van der Waals surface area (Å²) in [7, 11) is -3.84. The Morgan fingerprint density at radius 3 is 2.57 bits per heavy atom. The summed E-state index contributed by atoms with van der Waals surface area (Å²) in [6, 6.07) is 11.6. The average Bonchev–Trinajstić information content (AvgIpc) is 2.44. The minimum atomic E-state index is -3.84. The Bertz CT molecular complexity index is 836. The molecule has 0 spiro atoms. The third kappa shape index (κ3) is 3.55. The van der Waals surface area contributed by atoms with E-state index in [0.717, 1.165) is 24.2 Å². The fourth-order valence-corrected chi connectivity index (χ4v) is 3.92. The van der Waals surface area contributed by atoms with Crippen molar-refractivity contribution >= 4 is 21.6 Å². The van der Waals surface area contributed by atoms with E-state index in [1.807, 2.05) is 6.07 Å². The number of benzene rings is 2. The maximum Gasteiger partial charge on any atom is 0.239 e. The Kier molecular flexibility index (Phi) is 4.42. The van der Waals surface area contributed by atoms with Gasteiger partial charge in [-0.2, -0.15) is 0 Å². The zero-order valence-corrected chi connectivity index (χ0v) is 13.8. The fourth-order valence-electron chi connectivity index (χ4n) is 2.82. The van der Waals surface area contributed by atoms with Crippen molar-refractivity contribution in [2.24, 2.45) is 5.14 Å². The van der Waals surface area contributed by atoms with Gasteiger partial charge in [-0.3, -0.25) is 4.90 Å². The van der Waals surface area contributed by atoms with Crippen molar-refractivity contribution in [2.45, 2.75) is 17.4 Å². The molecule has 0 amide bonds. The first-order chi connectivity index (χ1) is 10.8. The molecule has 4 nitrogen and oxygen atoms in total. The lowest BCUT2D eigenvalue weighted by Crippen LogP contribution is -2.44. The Morgan fingerprint density at radius 2 is 1.91 bits per heavy atom. The lowest BCUT2D eigenvalue weighted by molar-refractivity contribution is 0.137. The number of nitrogens with two attached hydrogens (primary N) is 1. The Labute approximate surface area is 139 Å². The van der Waals surface area contributed by atoms with Crippen molar-refractivity contribution in [3.8, 4) is 0 Å². The summed E-state index contributed by atoms with van der Waals surface area (Å²) in [6.07, 6.45) is 0. The maximum absolute atomic E-state index is 13.7. The van der Waals surface area contributed by atoms with Gasteiger partial charge in [0.25, 0.3) is 0 Å². The Hall–Kier alpha value is -1.47. The Balaban J connectivity index is 1.68. The van der Waals surface area contributed by atoms with Gasteiger partial charge in [0.05, 0.1) is 5.02 Å². The van der Waals surface area contributed by atoms with Gasteiger partial charge in [0, 0.05) is 25.6 Å². The molecular weight excluding hydrogens is 339 g/mol. The van der Waals surface area contributed by atoms with Crippen molar-refractivity contribution in [3.05, 3.63) is 64.4 Å². The number of halogens is 2. The first-order valence-electron chi connectivity index (χ1n) is 7.12. The third-order valence-electron chi connectivity index (χ3n) is 4.01. The molecule has 0 aliphatic carbocycles. The maximum atomic E-state index is 13.7. The molecule has 2 aromatic carbocycles. The van der Waals surface area contributed by atoms with E-state index in [2.05, 4.69) is 4.90 Å². The monoisotopic (exact) mass is 354 g/mol. The highest BCUT2D eigenvalue weighted by Gasteiger charge is 2.29. The van der Waals surface area contributed by atoms with Crippen LogP contribution in [0.5, 0.6) is 0 Å². The van der Waals surface area contributed by atoms with Crippen molar-refractivity contribution < 1.29 is 12.8 Å². The van der Waals surface area contributed by atoms with Gasteiger partial charge in [-0.1, -0.05) is 35.9 Å². The quantitative estimate of drug-likeness (QED) is 0.918. The molecule has 1 aliphatic rings. The van der Waals surface area contributed by atoms with E-state index in [9.17, 15) is 12.8 Å². The van der Waals surface area contributed by atoms with E-state index < -0.39 is 10.0 Å². The van der Waals surface area contributed by atoms with Gasteiger partial charge in [0.2, 0.25) is 10.0 Å². The van der Waals surface area contributed by atoms with Crippen LogP contribution < -0.4 is 5.14 Å². The zero-order chi connectivity index (χ0) is 16.6. The fraction of sp³-hybridized carbons (Fsp3) is 0.250. The number of hydrogen-bond acceptors (Lipinski definition) is 3. The number of primary sulfonamides is 1. The number of rotatable bonds is 4. The number of nitrogens with zero attached hydrogens (tertiary/aromatic N) is 1. The van der Waals surface area contributed by atoms with E-state index in [1.165, 1.54) is 18.2 Å². The van der Waals surface area contributed by atoms with Crippen molar-refractivity contribution in [2.75, 3.05) is 13.1 Å². The van der Waals surface area contributed by atoms with E-state index in [-0.39, 0.29) is 21.7 Å². The van der Waals surface area contributed by atoms with Crippen molar-refractivity contribution in [1.82, 2.24) is 4.90 Å². The second kappa shape index (κ2) is 6.20. The van der Waals surface area contributed by atoms with Crippen LogP contribution in [-0.2, 0) is 16.6 Å². The molecular formula is C16H16ClFN2O2S. The predicted molar refractivity (Wildman–Crippen MR) is 87.2 cm³/mol. The summed E-state index contributed by atoms with van der Waals surface area (Å²) in [5.41, 5.74) is 1.54. The molecule has 0 atom stereocenters. The summed E-state index contributed by atoms with van der Waals surface area (Å²) in [6.45, 7) is 2.03. The van der Waals surface area contributed by atoms with Crippen LogP contribution in [0.4, 0.5) is 4.39 Å². The smallest absolute Gasteiger partial charge is 0.239 e. The number of hydrogen-bond donors (Lipinski definition) is 1. The molecule has 0 radical (unpaired) electrons. The lowest BCUT2D eigenvalue weighted by atomic mass is 9.90. The summed E-state index contributed by atoms with van der Waals surface area (Å²) in [4.78, 5) is 2.05. The molecule has 3 rings (SSSR count). The molecule has 0 unspecified atom stereocenters. The van der Waals surface area contributed by atoms with Crippen LogP contribution in [0, 0.1) is 5.82 Å². The Morgan fingerprint density at radius 1 is 1.22 bits per heavy atom. The largest absolute Gasteiger partial charge is 0.298 e.